The quantitative estimate of drug-likeness (QED) is 0.209. The van der Waals surface area contributed by atoms with Crippen LogP contribution in [0.3, 0.4) is 0 Å². The van der Waals surface area contributed by atoms with Gasteiger partial charge < -0.3 is 8.98 Å². The summed E-state index contributed by atoms with van der Waals surface area (Å²) in [7, 11) is 0. The second kappa shape index (κ2) is 8.72. The molecule has 184 valence electrons. The summed E-state index contributed by atoms with van der Waals surface area (Å²) in [6.07, 6.45) is 0. The van der Waals surface area contributed by atoms with E-state index < -0.39 is 0 Å². The fourth-order valence-corrected chi connectivity index (χ4v) is 6.20. The molecule has 0 radical (unpaired) electrons. The molecule has 8 aromatic rings. The molecule has 8 rings (SSSR count). The van der Waals surface area contributed by atoms with Gasteiger partial charge in [-0.05, 0) is 70.8 Å². The van der Waals surface area contributed by atoms with Gasteiger partial charge in [-0.3, -0.25) is 0 Å². The maximum Gasteiger partial charge on any atom is 0.135 e. The third-order valence-electron chi connectivity index (χ3n) is 7.67. The zero-order valence-corrected chi connectivity index (χ0v) is 22.5. The van der Waals surface area contributed by atoms with Gasteiger partial charge in [0.2, 0.25) is 0 Å². The van der Waals surface area contributed by atoms with Crippen LogP contribution in [0.25, 0.3) is 71.7 Å². The molecule has 0 atom stereocenters. The lowest BCUT2D eigenvalue weighted by molar-refractivity contribution is 0.669. The van der Waals surface area contributed by atoms with E-state index in [-0.39, 0.29) is 0 Å². The number of hydrogen-bond acceptors (Lipinski definition) is 1. The number of benzene rings is 6. The summed E-state index contributed by atoms with van der Waals surface area (Å²) in [5.74, 6) is 0. The number of nitrogens with zero attached hydrogens (tertiary/aromatic N) is 1. The van der Waals surface area contributed by atoms with Crippen molar-refractivity contribution in [2.45, 2.75) is 0 Å². The number of aromatic nitrogens is 1. The third-order valence-corrected chi connectivity index (χ3v) is 8.16. The lowest BCUT2D eigenvalue weighted by Crippen LogP contribution is -1.93. The molecule has 0 saturated carbocycles. The van der Waals surface area contributed by atoms with Gasteiger partial charge in [0, 0.05) is 31.7 Å². The standard InChI is InChI=1S/C36H22BrNO/c37-27-7-5-6-25(20-27)23-12-14-24(15-13-23)26-16-18-30-29-8-1-3-10-33(29)38(34(30)21-26)28-17-19-36-32(22-28)31-9-2-4-11-35(31)39-36/h1-22H. The smallest absolute Gasteiger partial charge is 0.135 e. The molecule has 3 heteroatoms. The van der Waals surface area contributed by atoms with Gasteiger partial charge in [-0.2, -0.15) is 0 Å². The first-order valence-corrected chi connectivity index (χ1v) is 13.8. The fourth-order valence-electron chi connectivity index (χ4n) is 5.80. The minimum atomic E-state index is 0.909. The summed E-state index contributed by atoms with van der Waals surface area (Å²) in [5, 5.41) is 4.77. The summed E-state index contributed by atoms with van der Waals surface area (Å²) < 4.78 is 9.58. The van der Waals surface area contributed by atoms with E-state index in [0.29, 0.717) is 0 Å². The van der Waals surface area contributed by atoms with E-state index in [9.17, 15) is 0 Å². The number of fused-ring (bicyclic) bond motifs is 6. The van der Waals surface area contributed by atoms with Gasteiger partial charge in [0.15, 0.2) is 0 Å². The van der Waals surface area contributed by atoms with Crippen LogP contribution in [-0.4, -0.2) is 4.57 Å². The van der Waals surface area contributed by atoms with E-state index >= 15 is 0 Å². The Morgan fingerprint density at radius 1 is 0.436 bits per heavy atom. The molecule has 0 spiro atoms. The molecule has 0 amide bonds. The highest BCUT2D eigenvalue weighted by atomic mass is 79.9. The Labute approximate surface area is 233 Å². The van der Waals surface area contributed by atoms with Crippen molar-refractivity contribution in [3.63, 3.8) is 0 Å². The van der Waals surface area contributed by atoms with Gasteiger partial charge in [0.25, 0.3) is 0 Å². The van der Waals surface area contributed by atoms with Crippen LogP contribution in [0.5, 0.6) is 0 Å². The maximum absolute atomic E-state index is 6.11. The van der Waals surface area contributed by atoms with Crippen molar-refractivity contribution < 1.29 is 4.42 Å². The van der Waals surface area contributed by atoms with Gasteiger partial charge >= 0.3 is 0 Å². The van der Waals surface area contributed by atoms with Crippen LogP contribution in [0.1, 0.15) is 0 Å². The Morgan fingerprint density at radius 3 is 1.92 bits per heavy atom. The molecule has 0 aliphatic carbocycles. The van der Waals surface area contributed by atoms with E-state index in [1.54, 1.807) is 0 Å². The molecule has 0 aliphatic heterocycles. The van der Waals surface area contributed by atoms with Gasteiger partial charge in [-0.15, -0.1) is 0 Å². The summed E-state index contributed by atoms with van der Waals surface area (Å²) in [6.45, 7) is 0. The highest BCUT2D eigenvalue weighted by Crippen LogP contribution is 2.37. The number of para-hydroxylation sites is 2. The normalized spacial score (nSPS) is 11.7. The first-order chi connectivity index (χ1) is 19.2. The van der Waals surface area contributed by atoms with Crippen LogP contribution in [-0.2, 0) is 0 Å². The highest BCUT2D eigenvalue weighted by Gasteiger charge is 2.15. The van der Waals surface area contributed by atoms with Crippen LogP contribution in [0.4, 0.5) is 0 Å². The zero-order valence-electron chi connectivity index (χ0n) is 20.9. The predicted molar refractivity (Wildman–Crippen MR) is 167 cm³/mol. The van der Waals surface area contributed by atoms with E-state index in [4.69, 9.17) is 4.42 Å². The molecule has 0 fully saturated rings. The SMILES string of the molecule is Brc1cccc(-c2ccc(-c3ccc4c5ccccc5n(-c5ccc6oc7ccccc7c6c5)c4c3)cc2)c1. The van der Waals surface area contributed by atoms with Crippen LogP contribution >= 0.6 is 15.9 Å². The molecule has 39 heavy (non-hydrogen) atoms. The van der Waals surface area contributed by atoms with E-state index in [1.165, 1.54) is 44.1 Å². The summed E-state index contributed by atoms with van der Waals surface area (Å²) >= 11 is 3.59. The molecular weight excluding hydrogens is 542 g/mol. The topological polar surface area (TPSA) is 18.1 Å². The Hall–Kier alpha value is -4.60. The van der Waals surface area contributed by atoms with Crippen molar-refractivity contribution in [3.05, 3.63) is 138 Å². The van der Waals surface area contributed by atoms with Gasteiger partial charge in [0.05, 0.1) is 11.0 Å². The van der Waals surface area contributed by atoms with Gasteiger partial charge in [-0.1, -0.05) is 101 Å². The van der Waals surface area contributed by atoms with Crippen molar-refractivity contribution >= 4 is 59.7 Å². The highest BCUT2D eigenvalue weighted by molar-refractivity contribution is 9.10. The summed E-state index contributed by atoms with van der Waals surface area (Å²) in [6, 6.07) is 47.5. The lowest BCUT2D eigenvalue weighted by atomic mass is 9.99. The van der Waals surface area contributed by atoms with E-state index in [1.807, 2.05) is 12.1 Å². The lowest BCUT2D eigenvalue weighted by Gasteiger charge is -2.10. The van der Waals surface area contributed by atoms with Crippen LogP contribution in [0.2, 0.25) is 0 Å². The Balaban J connectivity index is 1.31. The number of halogens is 1. The molecule has 2 aromatic heterocycles. The van der Waals surface area contributed by atoms with Crippen molar-refractivity contribution in [3.8, 4) is 27.9 Å². The minimum absolute atomic E-state index is 0.909. The monoisotopic (exact) mass is 563 g/mol. The van der Waals surface area contributed by atoms with Crippen LogP contribution in [0.15, 0.2) is 142 Å². The summed E-state index contributed by atoms with van der Waals surface area (Å²) in [5.41, 5.74) is 10.1. The summed E-state index contributed by atoms with van der Waals surface area (Å²) in [4.78, 5) is 0. The molecule has 6 aromatic carbocycles. The second-order valence-corrected chi connectivity index (χ2v) is 10.9. The molecule has 2 nitrogen and oxygen atoms in total. The molecular formula is C36H22BrNO. The van der Waals surface area contributed by atoms with Gasteiger partial charge in [-0.25, -0.2) is 0 Å². The van der Waals surface area contributed by atoms with Crippen molar-refractivity contribution in [2.24, 2.45) is 0 Å². The average molecular weight is 564 g/mol. The van der Waals surface area contributed by atoms with E-state index in [2.05, 4.69) is 142 Å². The number of hydrogen-bond donors (Lipinski definition) is 0. The van der Waals surface area contributed by atoms with Crippen LogP contribution in [0, 0.1) is 0 Å². The second-order valence-electron chi connectivity index (χ2n) is 9.95. The third kappa shape index (κ3) is 3.62. The molecule has 0 unspecified atom stereocenters. The van der Waals surface area contributed by atoms with E-state index in [0.717, 1.165) is 32.1 Å². The van der Waals surface area contributed by atoms with Crippen molar-refractivity contribution in [1.29, 1.82) is 0 Å². The first-order valence-electron chi connectivity index (χ1n) is 13.0. The molecule has 0 bridgehead atoms. The number of rotatable bonds is 3. The predicted octanol–water partition coefficient (Wildman–Crippen LogP) is 10.8. The average Bonchev–Trinajstić information content (AvgIpc) is 3.52. The molecule has 0 N–H and O–H groups in total. The maximum atomic E-state index is 6.11. The Morgan fingerprint density at radius 2 is 1.10 bits per heavy atom. The first kappa shape index (κ1) is 22.4. The number of furan rings is 1. The molecule has 0 aliphatic rings. The fraction of sp³-hybridized carbons (Fsp3) is 0. The zero-order chi connectivity index (χ0) is 25.9. The minimum Gasteiger partial charge on any atom is -0.456 e. The molecule has 0 saturated heterocycles. The van der Waals surface area contributed by atoms with Crippen molar-refractivity contribution in [2.75, 3.05) is 0 Å². The van der Waals surface area contributed by atoms with Crippen LogP contribution < -0.4 is 0 Å². The van der Waals surface area contributed by atoms with Gasteiger partial charge in [0.1, 0.15) is 11.2 Å². The largest absolute Gasteiger partial charge is 0.456 e. The van der Waals surface area contributed by atoms with Crippen molar-refractivity contribution in [1.82, 2.24) is 4.57 Å². The Kier molecular flexibility index (Phi) is 5.01. The Bertz CT molecular complexity index is 2180. The molecule has 2 heterocycles.